The first-order chi connectivity index (χ1) is 11.0. The largest absolute Gasteiger partial charge is 0.493 e. The van der Waals surface area contributed by atoms with Gasteiger partial charge in [0.1, 0.15) is 0 Å². The van der Waals surface area contributed by atoms with Gasteiger partial charge in [0.2, 0.25) is 0 Å². The van der Waals surface area contributed by atoms with E-state index in [-0.39, 0.29) is 11.4 Å². The summed E-state index contributed by atoms with van der Waals surface area (Å²) in [5, 5.41) is 0. The minimum absolute atomic E-state index is 0.000310. The van der Waals surface area contributed by atoms with Crippen molar-refractivity contribution < 1.29 is 14.3 Å². The van der Waals surface area contributed by atoms with Crippen LogP contribution in [0.3, 0.4) is 0 Å². The van der Waals surface area contributed by atoms with E-state index in [1.807, 2.05) is 12.2 Å². The Hall–Kier alpha value is -1.77. The maximum Gasteiger partial charge on any atom is 0.308 e. The molecule has 0 amide bonds. The summed E-state index contributed by atoms with van der Waals surface area (Å²) in [6.45, 7) is 5.37. The number of esters is 1. The van der Waals surface area contributed by atoms with Crippen LogP contribution in [0.5, 0.6) is 0 Å². The van der Waals surface area contributed by atoms with Crippen LogP contribution in [-0.4, -0.2) is 13.1 Å². The van der Waals surface area contributed by atoms with Crippen LogP contribution in [-0.2, 0) is 14.3 Å². The van der Waals surface area contributed by atoms with Gasteiger partial charge in [-0.05, 0) is 62.0 Å². The summed E-state index contributed by atoms with van der Waals surface area (Å²) in [6, 6.07) is 0. The van der Waals surface area contributed by atoms with E-state index in [9.17, 15) is 4.79 Å². The highest BCUT2D eigenvalue weighted by Gasteiger charge is 2.46. The maximum atomic E-state index is 11.3. The van der Waals surface area contributed by atoms with E-state index in [1.165, 1.54) is 26.2 Å². The number of hydrogen-bond donors (Lipinski definition) is 0. The van der Waals surface area contributed by atoms with Gasteiger partial charge in [0, 0.05) is 12.3 Å². The molecule has 3 nitrogen and oxygen atoms in total. The molecular weight excluding hydrogens is 288 g/mol. The van der Waals surface area contributed by atoms with Crippen LogP contribution in [0.1, 0.15) is 45.4 Å². The number of hydrogen-bond acceptors (Lipinski definition) is 3. The molecule has 3 atom stereocenters. The van der Waals surface area contributed by atoms with Crippen molar-refractivity contribution in [2.45, 2.75) is 45.4 Å². The normalized spacial score (nSPS) is 34.8. The third-order valence-corrected chi connectivity index (χ3v) is 5.51. The third kappa shape index (κ3) is 3.15. The Balaban J connectivity index is 1.86. The van der Waals surface area contributed by atoms with E-state index in [0.29, 0.717) is 16.9 Å². The average molecular weight is 314 g/mol. The number of rotatable bonds is 6. The SMILES string of the molecule is C=CCC1(CC23C=CC(CC2)C3)C=C(OC)C(OC(C)=O)=CC1. The summed E-state index contributed by atoms with van der Waals surface area (Å²) in [5.74, 6) is 1.67. The lowest BCUT2D eigenvalue weighted by Crippen LogP contribution is -2.29. The summed E-state index contributed by atoms with van der Waals surface area (Å²) >= 11 is 0. The van der Waals surface area contributed by atoms with Crippen molar-refractivity contribution in [2.24, 2.45) is 16.7 Å². The van der Waals surface area contributed by atoms with Crippen LogP contribution < -0.4 is 0 Å². The summed E-state index contributed by atoms with van der Waals surface area (Å²) < 4.78 is 10.8. The third-order valence-electron chi connectivity index (χ3n) is 5.51. The lowest BCUT2D eigenvalue weighted by atomic mass is 9.66. The molecule has 0 spiro atoms. The van der Waals surface area contributed by atoms with Gasteiger partial charge in [-0.25, -0.2) is 0 Å². The molecule has 3 unspecified atom stereocenters. The van der Waals surface area contributed by atoms with Crippen molar-refractivity contribution >= 4 is 5.97 Å². The second-order valence-electron chi connectivity index (χ2n) is 7.34. The molecular formula is C20H26O3. The van der Waals surface area contributed by atoms with Crippen LogP contribution >= 0.6 is 0 Å². The standard InChI is InChI=1S/C20H26O3/c1-4-8-19(14-20-9-5-16(12-20)6-10-20)11-7-17(23-15(2)21)18(13-19)22-3/h4-5,7,9,13,16H,1,6,8,10-12,14H2,2-3H3. The highest BCUT2D eigenvalue weighted by Crippen LogP contribution is 2.57. The van der Waals surface area contributed by atoms with Gasteiger partial charge in [-0.1, -0.05) is 18.2 Å². The zero-order chi connectivity index (χ0) is 16.5. The minimum atomic E-state index is -0.314. The first-order valence-corrected chi connectivity index (χ1v) is 8.46. The maximum absolute atomic E-state index is 11.3. The van der Waals surface area contributed by atoms with Crippen molar-refractivity contribution in [3.8, 4) is 0 Å². The summed E-state index contributed by atoms with van der Waals surface area (Å²) in [4.78, 5) is 11.3. The second-order valence-corrected chi connectivity index (χ2v) is 7.34. The Labute approximate surface area is 138 Å². The van der Waals surface area contributed by atoms with E-state index >= 15 is 0 Å². The van der Waals surface area contributed by atoms with Gasteiger partial charge in [0.15, 0.2) is 11.5 Å². The van der Waals surface area contributed by atoms with Crippen molar-refractivity contribution in [3.05, 3.63) is 48.5 Å². The van der Waals surface area contributed by atoms with Crippen molar-refractivity contribution in [1.29, 1.82) is 0 Å². The molecule has 1 fully saturated rings. The number of fused-ring (bicyclic) bond motifs is 2. The lowest BCUT2D eigenvalue weighted by molar-refractivity contribution is -0.137. The summed E-state index contributed by atoms with van der Waals surface area (Å²) in [6.07, 6.45) is 17.8. The molecule has 0 heterocycles. The molecule has 0 aromatic heterocycles. The van der Waals surface area contributed by atoms with Gasteiger partial charge in [-0.2, -0.15) is 0 Å². The monoisotopic (exact) mass is 314 g/mol. The predicted molar refractivity (Wildman–Crippen MR) is 90.3 cm³/mol. The predicted octanol–water partition coefficient (Wildman–Crippen LogP) is 4.68. The number of methoxy groups -OCH3 is 1. The number of ether oxygens (including phenoxy) is 2. The van der Waals surface area contributed by atoms with E-state index in [1.54, 1.807) is 7.11 Å². The molecule has 3 heteroatoms. The van der Waals surface area contributed by atoms with Crippen molar-refractivity contribution in [2.75, 3.05) is 7.11 Å². The van der Waals surface area contributed by atoms with Crippen LogP contribution in [0.25, 0.3) is 0 Å². The van der Waals surface area contributed by atoms with Crippen LogP contribution in [0, 0.1) is 16.7 Å². The zero-order valence-corrected chi connectivity index (χ0v) is 14.1. The molecule has 0 saturated heterocycles. The molecule has 0 N–H and O–H groups in total. The Morgan fingerprint density at radius 2 is 2.30 bits per heavy atom. The molecule has 3 rings (SSSR count). The van der Waals surface area contributed by atoms with Gasteiger partial charge in [0.05, 0.1) is 7.11 Å². The highest BCUT2D eigenvalue weighted by molar-refractivity contribution is 5.68. The fourth-order valence-electron chi connectivity index (χ4n) is 4.61. The molecule has 0 radical (unpaired) electrons. The van der Waals surface area contributed by atoms with Crippen LogP contribution in [0.15, 0.2) is 48.5 Å². The summed E-state index contributed by atoms with van der Waals surface area (Å²) in [5.41, 5.74) is 0.329. The Morgan fingerprint density at radius 3 is 2.83 bits per heavy atom. The van der Waals surface area contributed by atoms with Crippen molar-refractivity contribution in [3.63, 3.8) is 0 Å². The van der Waals surface area contributed by atoms with E-state index < -0.39 is 0 Å². The number of carbonyl (C=O) groups is 1. The van der Waals surface area contributed by atoms with Gasteiger partial charge in [-0.3, -0.25) is 4.79 Å². The topological polar surface area (TPSA) is 35.5 Å². The molecule has 0 aromatic rings. The van der Waals surface area contributed by atoms with Crippen LogP contribution in [0.4, 0.5) is 0 Å². The van der Waals surface area contributed by atoms with Gasteiger partial charge in [0.25, 0.3) is 0 Å². The fourth-order valence-corrected chi connectivity index (χ4v) is 4.61. The molecule has 23 heavy (non-hydrogen) atoms. The van der Waals surface area contributed by atoms with Gasteiger partial charge in [-0.15, -0.1) is 6.58 Å². The molecule has 2 bridgehead atoms. The quantitative estimate of drug-likeness (QED) is 0.527. The molecule has 3 aliphatic carbocycles. The molecule has 0 aliphatic heterocycles. The van der Waals surface area contributed by atoms with E-state index in [2.05, 4.69) is 24.8 Å². The number of carbonyl (C=O) groups excluding carboxylic acids is 1. The molecule has 3 aliphatic rings. The van der Waals surface area contributed by atoms with E-state index in [0.717, 1.165) is 25.2 Å². The zero-order valence-electron chi connectivity index (χ0n) is 14.1. The fraction of sp³-hybridized carbons (Fsp3) is 0.550. The first kappa shape index (κ1) is 16.1. The first-order valence-electron chi connectivity index (χ1n) is 8.46. The molecule has 124 valence electrons. The number of allylic oxidation sites excluding steroid dienone is 5. The smallest absolute Gasteiger partial charge is 0.308 e. The molecule has 0 aromatic carbocycles. The average Bonchev–Trinajstić information content (AvgIpc) is 3.09. The highest BCUT2D eigenvalue weighted by atomic mass is 16.6. The Kier molecular flexibility index (Phi) is 4.22. The minimum Gasteiger partial charge on any atom is -0.493 e. The van der Waals surface area contributed by atoms with E-state index in [4.69, 9.17) is 9.47 Å². The molecule has 1 saturated carbocycles. The van der Waals surface area contributed by atoms with Crippen LogP contribution in [0.2, 0.25) is 0 Å². The Bertz CT molecular complexity index is 598. The van der Waals surface area contributed by atoms with Gasteiger partial charge < -0.3 is 9.47 Å². The Morgan fingerprint density at radius 1 is 1.48 bits per heavy atom. The second kappa shape index (κ2) is 6.03. The van der Waals surface area contributed by atoms with Gasteiger partial charge >= 0.3 is 5.97 Å². The van der Waals surface area contributed by atoms with Crippen molar-refractivity contribution in [1.82, 2.24) is 0 Å². The lowest BCUT2D eigenvalue weighted by Gasteiger charge is -2.39. The summed E-state index contributed by atoms with van der Waals surface area (Å²) in [7, 11) is 1.63.